The largest absolute Gasteiger partial charge is 0.378 e. The van der Waals surface area contributed by atoms with Gasteiger partial charge in [0, 0.05) is 51.9 Å². The van der Waals surface area contributed by atoms with Crippen molar-refractivity contribution in [2.75, 3.05) is 62.3 Å². The van der Waals surface area contributed by atoms with Crippen LogP contribution in [0.15, 0.2) is 30.6 Å². The molecule has 0 amide bonds. The first-order chi connectivity index (χ1) is 13.2. The summed E-state index contributed by atoms with van der Waals surface area (Å²) in [5.41, 5.74) is 4.24. The highest BCUT2D eigenvalue weighted by atomic mass is 16.5. The quantitative estimate of drug-likeness (QED) is 0.826. The molecule has 0 saturated carbocycles. The Bertz CT molecular complexity index is 767. The predicted octanol–water partition coefficient (Wildman–Crippen LogP) is 2.25. The Labute approximate surface area is 161 Å². The van der Waals surface area contributed by atoms with E-state index >= 15 is 0 Å². The van der Waals surface area contributed by atoms with Gasteiger partial charge in [-0.05, 0) is 30.5 Å². The van der Waals surface area contributed by atoms with Crippen LogP contribution in [0, 0.1) is 13.8 Å². The number of aromatic nitrogens is 2. The minimum atomic E-state index is 0.774. The number of anilines is 2. The first kappa shape index (κ1) is 18.2. The summed E-state index contributed by atoms with van der Waals surface area (Å²) in [7, 11) is 0. The topological polar surface area (TPSA) is 44.7 Å². The van der Waals surface area contributed by atoms with Crippen LogP contribution in [-0.2, 0) is 11.3 Å². The zero-order valence-corrected chi connectivity index (χ0v) is 16.4. The van der Waals surface area contributed by atoms with E-state index in [1.54, 1.807) is 6.33 Å². The van der Waals surface area contributed by atoms with Gasteiger partial charge >= 0.3 is 0 Å². The second kappa shape index (κ2) is 8.23. The molecule has 144 valence electrons. The zero-order valence-electron chi connectivity index (χ0n) is 16.4. The lowest BCUT2D eigenvalue weighted by Gasteiger charge is -2.36. The Morgan fingerprint density at radius 3 is 2.26 bits per heavy atom. The lowest BCUT2D eigenvalue weighted by Crippen LogP contribution is -2.46. The van der Waals surface area contributed by atoms with Crippen molar-refractivity contribution in [1.29, 1.82) is 0 Å². The fourth-order valence-electron chi connectivity index (χ4n) is 3.83. The van der Waals surface area contributed by atoms with Crippen LogP contribution in [0.4, 0.5) is 11.6 Å². The molecule has 0 aliphatic carbocycles. The summed E-state index contributed by atoms with van der Waals surface area (Å²) < 4.78 is 5.44. The van der Waals surface area contributed by atoms with E-state index in [-0.39, 0.29) is 0 Å². The summed E-state index contributed by atoms with van der Waals surface area (Å²) in [6.45, 7) is 12.9. The number of benzene rings is 1. The third-order valence-corrected chi connectivity index (χ3v) is 5.78. The van der Waals surface area contributed by atoms with Crippen LogP contribution in [0.3, 0.4) is 0 Å². The lowest BCUT2D eigenvalue weighted by molar-refractivity contribution is 0.122. The summed E-state index contributed by atoms with van der Waals surface area (Å²) >= 11 is 0. The van der Waals surface area contributed by atoms with Gasteiger partial charge in [0.05, 0.1) is 13.2 Å². The number of hydrogen-bond acceptors (Lipinski definition) is 6. The third kappa shape index (κ3) is 4.22. The van der Waals surface area contributed by atoms with Crippen LogP contribution in [-0.4, -0.2) is 67.4 Å². The molecule has 3 heterocycles. The molecule has 6 nitrogen and oxygen atoms in total. The molecule has 1 aromatic carbocycles. The number of ether oxygens (including phenoxy) is 1. The fourth-order valence-corrected chi connectivity index (χ4v) is 3.83. The van der Waals surface area contributed by atoms with Crippen LogP contribution in [0.5, 0.6) is 0 Å². The number of morpholine rings is 1. The van der Waals surface area contributed by atoms with Gasteiger partial charge in [0.1, 0.15) is 18.0 Å². The molecule has 0 atom stereocenters. The minimum Gasteiger partial charge on any atom is -0.378 e. The van der Waals surface area contributed by atoms with E-state index < -0.39 is 0 Å². The van der Waals surface area contributed by atoms with Crippen LogP contribution in [0.1, 0.15) is 16.7 Å². The van der Waals surface area contributed by atoms with Gasteiger partial charge in [-0.15, -0.1) is 0 Å². The van der Waals surface area contributed by atoms with Crippen molar-refractivity contribution in [2.24, 2.45) is 0 Å². The highest BCUT2D eigenvalue weighted by molar-refractivity contribution is 5.50. The molecule has 0 unspecified atom stereocenters. The first-order valence-electron chi connectivity index (χ1n) is 9.88. The molecule has 2 aliphatic rings. The van der Waals surface area contributed by atoms with Gasteiger partial charge in [-0.3, -0.25) is 4.90 Å². The van der Waals surface area contributed by atoms with E-state index in [2.05, 4.69) is 62.8 Å². The van der Waals surface area contributed by atoms with E-state index in [0.717, 1.165) is 70.7 Å². The number of aryl methyl sites for hydroxylation is 1. The maximum absolute atomic E-state index is 5.44. The molecule has 2 fully saturated rings. The molecular formula is C21H29N5O. The van der Waals surface area contributed by atoms with Gasteiger partial charge in [0.2, 0.25) is 0 Å². The molecular weight excluding hydrogens is 338 g/mol. The smallest absolute Gasteiger partial charge is 0.134 e. The molecule has 2 saturated heterocycles. The normalized spacial score (nSPS) is 18.7. The first-order valence-corrected chi connectivity index (χ1v) is 9.88. The van der Waals surface area contributed by atoms with Crippen molar-refractivity contribution in [2.45, 2.75) is 20.4 Å². The molecule has 0 radical (unpaired) electrons. The predicted molar refractivity (Wildman–Crippen MR) is 108 cm³/mol. The Morgan fingerprint density at radius 2 is 1.56 bits per heavy atom. The van der Waals surface area contributed by atoms with Crippen LogP contribution in [0.25, 0.3) is 0 Å². The molecule has 2 aromatic rings. The molecule has 2 aliphatic heterocycles. The second-order valence-electron chi connectivity index (χ2n) is 7.46. The van der Waals surface area contributed by atoms with Crippen molar-refractivity contribution in [1.82, 2.24) is 14.9 Å². The molecule has 0 bridgehead atoms. The monoisotopic (exact) mass is 367 g/mol. The maximum Gasteiger partial charge on any atom is 0.134 e. The van der Waals surface area contributed by atoms with Gasteiger partial charge in [0.25, 0.3) is 0 Å². The molecule has 1 aromatic heterocycles. The van der Waals surface area contributed by atoms with Crippen molar-refractivity contribution >= 4 is 11.6 Å². The zero-order chi connectivity index (χ0) is 18.6. The van der Waals surface area contributed by atoms with Crippen LogP contribution >= 0.6 is 0 Å². The summed E-state index contributed by atoms with van der Waals surface area (Å²) in [4.78, 5) is 16.2. The van der Waals surface area contributed by atoms with Crippen molar-refractivity contribution in [3.05, 3.63) is 47.3 Å². The molecule has 4 rings (SSSR count). The lowest BCUT2D eigenvalue weighted by atomic mass is 10.0. The number of piperazine rings is 1. The Morgan fingerprint density at radius 1 is 0.889 bits per heavy atom. The summed E-state index contributed by atoms with van der Waals surface area (Å²) in [5.74, 6) is 2.05. The van der Waals surface area contributed by atoms with Crippen molar-refractivity contribution in [3.8, 4) is 0 Å². The molecule has 0 spiro atoms. The highest BCUT2D eigenvalue weighted by Crippen LogP contribution is 2.21. The highest BCUT2D eigenvalue weighted by Gasteiger charge is 2.20. The van der Waals surface area contributed by atoms with Gasteiger partial charge in [0.15, 0.2) is 0 Å². The summed E-state index contributed by atoms with van der Waals surface area (Å²) in [6, 6.07) is 8.75. The Balaban J connectivity index is 1.37. The number of hydrogen-bond donors (Lipinski definition) is 0. The minimum absolute atomic E-state index is 0.774. The van der Waals surface area contributed by atoms with Gasteiger partial charge in [-0.1, -0.05) is 18.2 Å². The van der Waals surface area contributed by atoms with Gasteiger partial charge in [-0.25, -0.2) is 9.97 Å². The van der Waals surface area contributed by atoms with Crippen LogP contribution in [0.2, 0.25) is 0 Å². The van der Waals surface area contributed by atoms with E-state index in [1.807, 2.05) is 0 Å². The Kier molecular flexibility index (Phi) is 5.55. The molecule has 0 N–H and O–H groups in total. The SMILES string of the molecule is Cc1cccc(CN2CCN(c3cc(N4CCOCC4)ncn3)CC2)c1C. The molecule has 27 heavy (non-hydrogen) atoms. The Hall–Kier alpha value is -2.18. The average Bonchev–Trinajstić information content (AvgIpc) is 2.73. The van der Waals surface area contributed by atoms with Gasteiger partial charge < -0.3 is 14.5 Å². The van der Waals surface area contributed by atoms with Crippen LogP contribution < -0.4 is 9.80 Å². The number of rotatable bonds is 4. The van der Waals surface area contributed by atoms with E-state index in [0.29, 0.717) is 0 Å². The second-order valence-corrected chi connectivity index (χ2v) is 7.46. The third-order valence-electron chi connectivity index (χ3n) is 5.78. The van der Waals surface area contributed by atoms with E-state index in [4.69, 9.17) is 4.74 Å². The van der Waals surface area contributed by atoms with Crippen molar-refractivity contribution < 1.29 is 4.74 Å². The summed E-state index contributed by atoms with van der Waals surface area (Å²) in [5, 5.41) is 0. The van der Waals surface area contributed by atoms with E-state index in [9.17, 15) is 0 Å². The fraction of sp³-hybridized carbons (Fsp3) is 0.524. The standard InChI is InChI=1S/C21H29N5O/c1-17-4-3-5-19(18(17)2)15-24-6-8-25(9-7-24)20-14-21(23-16-22-20)26-10-12-27-13-11-26/h3-5,14,16H,6-13,15H2,1-2H3. The number of nitrogens with zero attached hydrogens (tertiary/aromatic N) is 5. The van der Waals surface area contributed by atoms with Gasteiger partial charge in [-0.2, -0.15) is 0 Å². The summed E-state index contributed by atoms with van der Waals surface area (Å²) in [6.07, 6.45) is 1.70. The van der Waals surface area contributed by atoms with E-state index in [1.165, 1.54) is 16.7 Å². The van der Waals surface area contributed by atoms with Crippen molar-refractivity contribution in [3.63, 3.8) is 0 Å². The molecule has 6 heteroatoms. The average molecular weight is 367 g/mol. The maximum atomic E-state index is 5.44.